The second kappa shape index (κ2) is 20.7. The first-order valence-corrected chi connectivity index (χ1v) is 23.5. The molecule has 4 aliphatic rings. The molecule has 0 spiro atoms. The van der Waals surface area contributed by atoms with Crippen molar-refractivity contribution in [1.29, 1.82) is 0 Å². The third-order valence-corrected chi connectivity index (χ3v) is 13.0. The molecule has 0 saturated carbocycles. The van der Waals surface area contributed by atoms with Gasteiger partial charge in [0.25, 0.3) is 17.7 Å². The number of aromatic nitrogens is 4. The Morgan fingerprint density at radius 1 is 0.521 bits per heavy atom. The number of nitrogens with two attached hydrogens (primary N) is 1. The molecule has 6 heterocycles. The second-order valence-corrected chi connectivity index (χ2v) is 17.2. The smallest absolute Gasteiger partial charge is 0.359 e. The number of hydrogen-bond acceptors (Lipinski definition) is 12. The van der Waals surface area contributed by atoms with Gasteiger partial charge in [0.15, 0.2) is 11.4 Å². The number of esters is 1. The highest BCUT2D eigenvalue weighted by Gasteiger charge is 2.37. The summed E-state index contributed by atoms with van der Waals surface area (Å²) < 4.78 is 18.5. The molecule has 5 amide bonds. The number of primary amides is 1. The van der Waals surface area contributed by atoms with E-state index >= 15 is 0 Å². The van der Waals surface area contributed by atoms with Crippen LogP contribution in [-0.2, 0) is 27.2 Å². The Morgan fingerprint density at radius 3 is 1.28 bits per heavy atom. The standard InChI is InChI=1S/C27H28N4O6.C25H25N5O4/c1-36-21-11-9-20(10-12-21)31-25-22(24(28-31)27(35)37-17-16-32)13-15-30(26(25)34)19-7-5-18(6-8-19)29-14-3-2-4-23(29)33;1-34-19-11-9-18(10-12-19)30-23-20(22(27-30)24(26)32)13-15-29(25(23)33)17-7-5-16(6-8-17)28-14-3-2-4-21(28)31/h5-12,32H,2-4,13-17H2,1H3;5-12H,2-4,13-15H2,1H3,(H2,26,32). The van der Waals surface area contributed by atoms with Crippen molar-refractivity contribution in [3.05, 3.63) is 131 Å². The van der Waals surface area contributed by atoms with Crippen LogP contribution in [0.3, 0.4) is 0 Å². The number of piperidine rings is 2. The normalized spacial score (nSPS) is 15.7. The number of rotatable bonds is 12. The molecule has 19 nitrogen and oxygen atoms in total. The third kappa shape index (κ3) is 9.55. The van der Waals surface area contributed by atoms with Crippen molar-refractivity contribution in [2.75, 3.05) is 73.2 Å². The molecule has 0 bridgehead atoms. The lowest BCUT2D eigenvalue weighted by atomic mass is 10.0. The van der Waals surface area contributed by atoms with Gasteiger partial charge >= 0.3 is 5.97 Å². The molecule has 19 heteroatoms. The minimum atomic E-state index is -0.686. The van der Waals surface area contributed by atoms with E-state index in [0.717, 1.165) is 37.1 Å². The van der Waals surface area contributed by atoms with Crippen LogP contribution in [0.5, 0.6) is 11.5 Å². The first-order valence-electron chi connectivity index (χ1n) is 23.5. The fourth-order valence-electron chi connectivity index (χ4n) is 9.38. The van der Waals surface area contributed by atoms with Gasteiger partial charge in [-0.3, -0.25) is 24.0 Å². The van der Waals surface area contributed by atoms with E-state index in [4.69, 9.17) is 25.1 Å². The number of amides is 5. The van der Waals surface area contributed by atoms with Crippen LogP contribution < -0.4 is 34.8 Å². The van der Waals surface area contributed by atoms with Crippen LogP contribution in [0.1, 0.15) is 91.6 Å². The van der Waals surface area contributed by atoms with Crippen LogP contribution in [0, 0.1) is 0 Å². The molecule has 3 N–H and O–H groups in total. The van der Waals surface area contributed by atoms with Crippen LogP contribution in [0.2, 0.25) is 0 Å². The van der Waals surface area contributed by atoms with E-state index in [2.05, 4.69) is 10.2 Å². The summed E-state index contributed by atoms with van der Waals surface area (Å²) in [7, 11) is 3.14. The number of benzene rings is 4. The summed E-state index contributed by atoms with van der Waals surface area (Å²) in [5, 5.41) is 17.9. The molecule has 4 aromatic carbocycles. The van der Waals surface area contributed by atoms with E-state index in [-0.39, 0.29) is 53.9 Å². The van der Waals surface area contributed by atoms with Gasteiger partial charge in [-0.05, 0) is 136 Å². The molecule has 0 radical (unpaired) electrons. The van der Waals surface area contributed by atoms with Gasteiger partial charge in [0.05, 0.1) is 32.2 Å². The zero-order valence-corrected chi connectivity index (χ0v) is 39.4. The first kappa shape index (κ1) is 47.7. The lowest BCUT2D eigenvalue weighted by molar-refractivity contribution is -0.120. The van der Waals surface area contributed by atoms with Gasteiger partial charge in [0.2, 0.25) is 11.8 Å². The van der Waals surface area contributed by atoms with Crippen molar-refractivity contribution >= 4 is 58.3 Å². The lowest BCUT2D eigenvalue weighted by Gasteiger charge is -2.29. The molecule has 2 saturated heterocycles. The van der Waals surface area contributed by atoms with E-state index in [0.29, 0.717) is 103 Å². The number of aliphatic hydroxyl groups excluding tert-OH is 1. The van der Waals surface area contributed by atoms with Crippen LogP contribution in [0.4, 0.5) is 22.7 Å². The molecule has 2 fully saturated rings. The van der Waals surface area contributed by atoms with Crippen LogP contribution in [0.25, 0.3) is 11.4 Å². The van der Waals surface area contributed by atoms with Crippen LogP contribution >= 0.6 is 0 Å². The van der Waals surface area contributed by atoms with E-state index in [1.807, 2.05) is 48.5 Å². The van der Waals surface area contributed by atoms with Crippen molar-refractivity contribution in [3.63, 3.8) is 0 Å². The Labute approximate surface area is 408 Å². The molecule has 4 aliphatic heterocycles. The second-order valence-electron chi connectivity index (χ2n) is 17.2. The van der Waals surface area contributed by atoms with Gasteiger partial charge < -0.3 is 44.7 Å². The molecule has 6 aromatic rings. The highest BCUT2D eigenvalue weighted by molar-refractivity contribution is 6.10. The Morgan fingerprint density at radius 2 is 0.901 bits per heavy atom. The number of carbonyl (C=O) groups excluding carboxylic acids is 6. The molecule has 71 heavy (non-hydrogen) atoms. The topological polar surface area (TPSA) is 225 Å². The van der Waals surface area contributed by atoms with Gasteiger partial charge in [0, 0.05) is 72.9 Å². The van der Waals surface area contributed by atoms with Gasteiger partial charge in [-0.1, -0.05) is 0 Å². The summed E-state index contributed by atoms with van der Waals surface area (Å²) in [6.07, 6.45) is 5.75. The Kier molecular flexibility index (Phi) is 13.9. The quantitative estimate of drug-likeness (QED) is 0.146. The molecule has 0 unspecified atom stereocenters. The molecular formula is C52H53N9O10. The number of aliphatic hydroxyl groups is 1. The van der Waals surface area contributed by atoms with Gasteiger partial charge in [-0.25, -0.2) is 14.2 Å². The highest BCUT2D eigenvalue weighted by atomic mass is 16.5. The van der Waals surface area contributed by atoms with Crippen molar-refractivity contribution in [2.45, 2.75) is 51.4 Å². The average Bonchev–Trinajstić information content (AvgIpc) is 4.00. The molecular weight excluding hydrogens is 911 g/mol. The first-order chi connectivity index (χ1) is 34.5. The molecule has 2 aromatic heterocycles. The Bertz CT molecular complexity index is 2980. The Hall–Kier alpha value is -8.32. The van der Waals surface area contributed by atoms with Crippen LogP contribution in [0.15, 0.2) is 97.1 Å². The predicted molar refractivity (Wildman–Crippen MR) is 262 cm³/mol. The fourth-order valence-corrected chi connectivity index (χ4v) is 9.38. The summed E-state index contributed by atoms with van der Waals surface area (Å²) in [5.74, 6) is -0.365. The van der Waals surface area contributed by atoms with Crippen molar-refractivity contribution < 1.29 is 48.1 Å². The van der Waals surface area contributed by atoms with Gasteiger partial charge in [0.1, 0.15) is 29.5 Å². The van der Waals surface area contributed by atoms with E-state index in [1.165, 1.54) is 9.36 Å². The largest absolute Gasteiger partial charge is 0.497 e. The van der Waals surface area contributed by atoms with E-state index in [9.17, 15) is 28.8 Å². The number of ether oxygens (including phenoxy) is 3. The number of carbonyl (C=O) groups is 6. The maximum absolute atomic E-state index is 13.8. The lowest BCUT2D eigenvalue weighted by Crippen LogP contribution is -2.39. The van der Waals surface area contributed by atoms with E-state index < -0.39 is 11.9 Å². The van der Waals surface area contributed by atoms with Crippen molar-refractivity contribution in [2.24, 2.45) is 5.73 Å². The minimum absolute atomic E-state index is 0.0613. The molecule has 10 rings (SSSR count). The monoisotopic (exact) mass is 963 g/mol. The van der Waals surface area contributed by atoms with Gasteiger partial charge in [-0.2, -0.15) is 10.2 Å². The SMILES string of the molecule is COc1ccc(-n2nc(C(=O)OCCO)c3c2C(=O)N(c2ccc(N4CCCCC4=O)cc2)CC3)cc1.COc1ccc(-n2nc(C(N)=O)c3c2C(=O)N(c2ccc(N4CCCCC4=O)cc2)CC3)cc1. The summed E-state index contributed by atoms with van der Waals surface area (Å²) in [4.78, 5) is 83.6. The summed E-state index contributed by atoms with van der Waals surface area (Å²) >= 11 is 0. The average molecular weight is 964 g/mol. The summed E-state index contributed by atoms with van der Waals surface area (Å²) in [5.41, 5.74) is 11.7. The zero-order chi connectivity index (χ0) is 49.8. The zero-order valence-electron chi connectivity index (χ0n) is 39.4. The van der Waals surface area contributed by atoms with Crippen molar-refractivity contribution in [3.8, 4) is 22.9 Å². The highest BCUT2D eigenvalue weighted by Crippen LogP contribution is 2.34. The molecule has 366 valence electrons. The number of hydrogen-bond donors (Lipinski definition) is 2. The number of anilines is 4. The molecule has 0 atom stereocenters. The maximum Gasteiger partial charge on any atom is 0.359 e. The molecule has 0 aliphatic carbocycles. The number of nitrogens with zero attached hydrogens (tertiary/aromatic N) is 8. The minimum Gasteiger partial charge on any atom is -0.497 e. The third-order valence-electron chi connectivity index (χ3n) is 13.0. The predicted octanol–water partition coefficient (Wildman–Crippen LogP) is 5.45. The van der Waals surface area contributed by atoms with Gasteiger partial charge in [-0.15, -0.1) is 0 Å². The van der Waals surface area contributed by atoms with E-state index in [1.54, 1.807) is 82.4 Å². The van der Waals surface area contributed by atoms with Crippen LogP contribution in [-0.4, -0.2) is 114 Å². The Balaban J connectivity index is 0.000000176. The summed E-state index contributed by atoms with van der Waals surface area (Å²) in [6, 6.07) is 28.9. The number of methoxy groups -OCH3 is 2. The number of fused-ring (bicyclic) bond motifs is 2. The summed E-state index contributed by atoms with van der Waals surface area (Å²) in [6.45, 7) is 1.68. The fraction of sp³-hybridized carbons (Fsp3) is 0.308. The maximum atomic E-state index is 13.8. The van der Waals surface area contributed by atoms with Crippen molar-refractivity contribution in [1.82, 2.24) is 19.6 Å².